The van der Waals surface area contributed by atoms with Crippen LogP contribution in [0.4, 0.5) is 4.79 Å². The number of ether oxygens (including phenoxy) is 1. The van der Waals surface area contributed by atoms with E-state index < -0.39 is 16.2 Å². The van der Waals surface area contributed by atoms with Gasteiger partial charge in [0.05, 0.1) is 12.4 Å². The molecule has 1 N–H and O–H groups in total. The Morgan fingerprint density at radius 2 is 1.82 bits per heavy atom. The van der Waals surface area contributed by atoms with Gasteiger partial charge in [-0.3, -0.25) is 4.18 Å². The minimum absolute atomic E-state index is 0.0555. The van der Waals surface area contributed by atoms with Gasteiger partial charge in [0.1, 0.15) is 6.61 Å². The lowest BCUT2D eigenvalue weighted by Crippen LogP contribution is -2.31. The first-order valence-electron chi connectivity index (χ1n) is 7.00. The fourth-order valence-electron chi connectivity index (χ4n) is 1.38. The Labute approximate surface area is 131 Å². The lowest BCUT2D eigenvalue weighted by molar-refractivity contribution is 0.140. The fraction of sp³-hybridized carbons (Fsp3) is 0.533. The van der Waals surface area contributed by atoms with Crippen molar-refractivity contribution in [2.45, 2.75) is 27.4 Å². The Bertz CT molecular complexity index is 563. The van der Waals surface area contributed by atoms with E-state index in [4.69, 9.17) is 8.92 Å². The zero-order chi connectivity index (χ0) is 16.6. The zero-order valence-electron chi connectivity index (χ0n) is 13.2. The van der Waals surface area contributed by atoms with Gasteiger partial charge < -0.3 is 10.1 Å². The summed E-state index contributed by atoms with van der Waals surface area (Å²) in [5.41, 5.74) is 0.619. The minimum atomic E-state index is -3.65. The van der Waals surface area contributed by atoms with E-state index in [1.54, 1.807) is 0 Å². The summed E-state index contributed by atoms with van der Waals surface area (Å²) < 4.78 is 33.1. The normalized spacial score (nSPS) is 12.0. The molecule has 0 unspecified atom stereocenters. The SMILES string of the molecule is CC(C)(C)COS(=O)(=O)CCNC(=O)OCc1ccccc1. The minimum Gasteiger partial charge on any atom is -0.445 e. The number of hydrogen-bond acceptors (Lipinski definition) is 5. The van der Waals surface area contributed by atoms with Crippen molar-refractivity contribution in [1.29, 1.82) is 0 Å². The third kappa shape index (κ3) is 8.63. The molecule has 0 bridgehead atoms. The molecule has 0 saturated heterocycles. The van der Waals surface area contributed by atoms with Crippen LogP contribution < -0.4 is 5.32 Å². The van der Waals surface area contributed by atoms with Crippen LogP contribution in [0, 0.1) is 5.41 Å². The van der Waals surface area contributed by atoms with Crippen LogP contribution in [-0.4, -0.2) is 33.4 Å². The molecular weight excluding hydrogens is 306 g/mol. The quantitative estimate of drug-likeness (QED) is 0.776. The summed E-state index contributed by atoms with van der Waals surface area (Å²) in [6.45, 7) is 5.82. The van der Waals surface area contributed by atoms with Gasteiger partial charge in [0.2, 0.25) is 0 Å². The smallest absolute Gasteiger partial charge is 0.407 e. The van der Waals surface area contributed by atoms with Crippen LogP contribution in [0.25, 0.3) is 0 Å². The Balaban J connectivity index is 2.24. The van der Waals surface area contributed by atoms with Crippen LogP contribution in [0.3, 0.4) is 0 Å². The van der Waals surface area contributed by atoms with E-state index in [0.29, 0.717) is 0 Å². The van der Waals surface area contributed by atoms with Crippen molar-refractivity contribution >= 4 is 16.2 Å². The lowest BCUT2D eigenvalue weighted by atomic mass is 9.99. The Kier molecular flexibility index (Phi) is 6.83. The molecule has 7 heteroatoms. The Morgan fingerprint density at radius 3 is 2.41 bits per heavy atom. The van der Waals surface area contributed by atoms with Crippen LogP contribution in [0.5, 0.6) is 0 Å². The van der Waals surface area contributed by atoms with Gasteiger partial charge in [-0.25, -0.2) is 4.79 Å². The Morgan fingerprint density at radius 1 is 1.18 bits per heavy atom. The largest absolute Gasteiger partial charge is 0.445 e. The highest BCUT2D eigenvalue weighted by Gasteiger charge is 2.18. The summed E-state index contributed by atoms with van der Waals surface area (Å²) in [5.74, 6) is -0.288. The first-order chi connectivity index (χ1) is 10.2. The van der Waals surface area contributed by atoms with Gasteiger partial charge in [-0.05, 0) is 11.0 Å². The van der Waals surface area contributed by atoms with E-state index in [-0.39, 0.29) is 30.9 Å². The van der Waals surface area contributed by atoms with E-state index in [2.05, 4.69) is 5.32 Å². The van der Waals surface area contributed by atoms with E-state index >= 15 is 0 Å². The fourth-order valence-corrected chi connectivity index (χ4v) is 2.38. The molecule has 1 rings (SSSR count). The van der Waals surface area contributed by atoms with Gasteiger partial charge in [0.15, 0.2) is 0 Å². The van der Waals surface area contributed by atoms with Crippen LogP contribution in [0.15, 0.2) is 30.3 Å². The molecule has 0 aliphatic rings. The number of rotatable bonds is 7. The third-order valence-electron chi connectivity index (χ3n) is 2.51. The molecular formula is C15H23NO5S. The van der Waals surface area contributed by atoms with E-state index in [9.17, 15) is 13.2 Å². The van der Waals surface area contributed by atoms with Crippen molar-refractivity contribution < 1.29 is 22.1 Å². The highest BCUT2D eigenvalue weighted by molar-refractivity contribution is 7.86. The monoisotopic (exact) mass is 329 g/mol. The predicted octanol–water partition coefficient (Wildman–Crippen LogP) is 2.31. The molecule has 1 aromatic carbocycles. The van der Waals surface area contributed by atoms with Gasteiger partial charge in [-0.2, -0.15) is 8.42 Å². The zero-order valence-corrected chi connectivity index (χ0v) is 14.0. The maximum atomic E-state index is 11.6. The number of carbonyl (C=O) groups is 1. The molecule has 0 aromatic heterocycles. The van der Waals surface area contributed by atoms with Gasteiger partial charge in [0, 0.05) is 6.54 Å². The number of hydrogen-bond donors (Lipinski definition) is 1. The van der Waals surface area contributed by atoms with Crippen molar-refractivity contribution in [3.63, 3.8) is 0 Å². The average molecular weight is 329 g/mol. The lowest BCUT2D eigenvalue weighted by Gasteiger charge is -2.17. The van der Waals surface area contributed by atoms with Crippen molar-refractivity contribution in [1.82, 2.24) is 5.32 Å². The summed E-state index contributed by atoms with van der Waals surface area (Å²) >= 11 is 0. The molecule has 1 amide bonds. The summed E-state index contributed by atoms with van der Waals surface area (Å²) in [6.07, 6.45) is -0.658. The van der Waals surface area contributed by atoms with E-state index in [0.717, 1.165) is 5.56 Å². The standard InChI is InChI=1S/C15H23NO5S/c1-15(2,3)12-21-22(18,19)10-9-16-14(17)20-11-13-7-5-4-6-8-13/h4-8H,9-12H2,1-3H3,(H,16,17). The molecule has 0 atom stereocenters. The third-order valence-corrected chi connectivity index (χ3v) is 3.69. The number of nitrogens with one attached hydrogen (secondary N) is 1. The van der Waals surface area contributed by atoms with Gasteiger partial charge in [0.25, 0.3) is 10.1 Å². The molecule has 0 radical (unpaired) electrons. The molecule has 0 aliphatic heterocycles. The average Bonchev–Trinajstić information content (AvgIpc) is 2.43. The van der Waals surface area contributed by atoms with Gasteiger partial charge in [-0.15, -0.1) is 0 Å². The number of benzene rings is 1. The van der Waals surface area contributed by atoms with Gasteiger partial charge >= 0.3 is 6.09 Å². The Hall–Kier alpha value is -1.60. The molecule has 0 saturated carbocycles. The maximum Gasteiger partial charge on any atom is 0.407 e. The first kappa shape index (κ1) is 18.4. The molecule has 0 spiro atoms. The molecule has 0 heterocycles. The second kappa shape index (κ2) is 8.14. The molecule has 0 fully saturated rings. The summed E-state index contributed by atoms with van der Waals surface area (Å²) in [6, 6.07) is 9.22. The van der Waals surface area contributed by atoms with Crippen molar-refractivity contribution in [3.05, 3.63) is 35.9 Å². The van der Waals surface area contributed by atoms with Crippen LogP contribution in [0.1, 0.15) is 26.3 Å². The molecule has 1 aromatic rings. The highest BCUT2D eigenvalue weighted by Crippen LogP contribution is 2.14. The molecule has 22 heavy (non-hydrogen) atoms. The second-order valence-corrected chi connectivity index (χ2v) is 7.83. The summed E-state index contributed by atoms with van der Waals surface area (Å²) in [5, 5.41) is 2.39. The van der Waals surface area contributed by atoms with Gasteiger partial charge in [-0.1, -0.05) is 51.1 Å². The molecule has 6 nitrogen and oxygen atoms in total. The first-order valence-corrected chi connectivity index (χ1v) is 8.57. The topological polar surface area (TPSA) is 81.7 Å². The van der Waals surface area contributed by atoms with Crippen molar-refractivity contribution in [2.24, 2.45) is 5.41 Å². The highest BCUT2D eigenvalue weighted by atomic mass is 32.2. The van der Waals surface area contributed by atoms with Crippen molar-refractivity contribution in [3.8, 4) is 0 Å². The predicted molar refractivity (Wildman–Crippen MR) is 83.8 cm³/mol. The van der Waals surface area contributed by atoms with E-state index in [1.165, 1.54) is 0 Å². The van der Waals surface area contributed by atoms with Crippen LogP contribution >= 0.6 is 0 Å². The maximum absolute atomic E-state index is 11.6. The second-order valence-electron chi connectivity index (χ2n) is 6.07. The van der Waals surface area contributed by atoms with Crippen LogP contribution in [0.2, 0.25) is 0 Å². The number of amides is 1. The van der Waals surface area contributed by atoms with Crippen LogP contribution in [-0.2, 0) is 25.6 Å². The summed E-state index contributed by atoms with van der Waals surface area (Å²) in [4.78, 5) is 11.5. The number of alkyl carbamates (subject to hydrolysis) is 1. The number of carbonyl (C=O) groups excluding carboxylic acids is 1. The summed E-state index contributed by atoms with van der Waals surface area (Å²) in [7, 11) is -3.65. The molecule has 0 aliphatic carbocycles. The van der Waals surface area contributed by atoms with E-state index in [1.807, 2.05) is 51.1 Å². The van der Waals surface area contributed by atoms with Crippen molar-refractivity contribution in [2.75, 3.05) is 18.9 Å². The molecule has 124 valence electrons.